The first kappa shape index (κ1) is 14.8. The van der Waals surface area contributed by atoms with Crippen LogP contribution in [0.3, 0.4) is 0 Å². The number of hydrogen-bond donors (Lipinski definition) is 0. The summed E-state index contributed by atoms with van der Waals surface area (Å²) in [5.41, 5.74) is 0.0789. The first-order valence-electron chi connectivity index (χ1n) is 5.42. The minimum absolute atomic E-state index is 0.0428. The van der Waals surface area contributed by atoms with Gasteiger partial charge in [0.15, 0.2) is 11.6 Å². The second-order valence-corrected chi connectivity index (χ2v) is 6.20. The zero-order valence-corrected chi connectivity index (χ0v) is 11.9. The van der Waals surface area contributed by atoms with Gasteiger partial charge in [-0.2, -0.15) is 0 Å². The van der Waals surface area contributed by atoms with E-state index in [1.807, 2.05) is 0 Å². The van der Waals surface area contributed by atoms with Crippen molar-refractivity contribution in [1.82, 2.24) is 19.7 Å². The van der Waals surface area contributed by atoms with E-state index in [-0.39, 0.29) is 24.5 Å². The molecule has 2 rings (SSSR count). The van der Waals surface area contributed by atoms with Crippen LogP contribution in [-0.2, 0) is 20.3 Å². The number of pyridine rings is 1. The standard InChI is InChI=1S/C10H10ClFN4O3S/c1-19-5-4-16-9(7-2-3-13-6-8(7)12)14-15-10(16)20(11,17)18/h2-3,6H,4-5H2,1H3. The average molecular weight is 321 g/mol. The predicted molar refractivity (Wildman–Crippen MR) is 68.1 cm³/mol. The number of hydrogen-bond acceptors (Lipinski definition) is 6. The molecule has 0 saturated heterocycles. The summed E-state index contributed by atoms with van der Waals surface area (Å²) in [7, 11) is 2.64. The zero-order chi connectivity index (χ0) is 14.8. The molecule has 0 bridgehead atoms. The molecular weight excluding hydrogens is 311 g/mol. The maximum absolute atomic E-state index is 13.7. The van der Waals surface area contributed by atoms with E-state index in [2.05, 4.69) is 15.2 Å². The Morgan fingerprint density at radius 3 is 2.80 bits per heavy atom. The number of ether oxygens (including phenoxy) is 1. The lowest BCUT2D eigenvalue weighted by atomic mass is 10.2. The first-order valence-corrected chi connectivity index (χ1v) is 7.72. The maximum atomic E-state index is 13.7. The van der Waals surface area contributed by atoms with E-state index in [0.29, 0.717) is 0 Å². The van der Waals surface area contributed by atoms with Gasteiger partial charge in [0.1, 0.15) is 0 Å². The SMILES string of the molecule is COCCn1c(-c2ccncc2F)nnc1S(=O)(=O)Cl. The fraction of sp³-hybridized carbons (Fsp3) is 0.300. The van der Waals surface area contributed by atoms with E-state index >= 15 is 0 Å². The predicted octanol–water partition coefficient (Wildman–Crippen LogP) is 1.05. The fourth-order valence-corrected chi connectivity index (χ4v) is 2.53. The molecule has 2 aromatic heterocycles. The van der Waals surface area contributed by atoms with E-state index in [4.69, 9.17) is 15.4 Å². The van der Waals surface area contributed by atoms with Gasteiger partial charge in [0, 0.05) is 24.0 Å². The van der Waals surface area contributed by atoms with Crippen molar-refractivity contribution in [3.05, 3.63) is 24.3 Å². The fourth-order valence-electron chi connectivity index (χ4n) is 1.61. The Morgan fingerprint density at radius 2 is 2.20 bits per heavy atom. The minimum atomic E-state index is -4.10. The number of methoxy groups -OCH3 is 1. The molecule has 0 aromatic carbocycles. The second kappa shape index (κ2) is 5.81. The molecule has 0 aliphatic rings. The Hall–Kier alpha value is -1.58. The quantitative estimate of drug-likeness (QED) is 0.765. The second-order valence-electron chi connectivity index (χ2n) is 3.74. The van der Waals surface area contributed by atoms with Gasteiger partial charge >= 0.3 is 0 Å². The molecule has 0 N–H and O–H groups in total. The van der Waals surface area contributed by atoms with Crippen LogP contribution < -0.4 is 0 Å². The number of nitrogens with zero attached hydrogens (tertiary/aromatic N) is 4. The van der Waals surface area contributed by atoms with E-state index in [1.54, 1.807) is 0 Å². The smallest absolute Gasteiger partial charge is 0.296 e. The van der Waals surface area contributed by atoms with Crippen LogP contribution in [0.15, 0.2) is 23.6 Å². The summed E-state index contributed by atoms with van der Waals surface area (Å²) in [6.45, 7) is 0.305. The molecule has 0 unspecified atom stereocenters. The highest BCUT2D eigenvalue weighted by atomic mass is 35.7. The molecule has 108 valence electrons. The molecule has 20 heavy (non-hydrogen) atoms. The van der Waals surface area contributed by atoms with Gasteiger partial charge in [-0.3, -0.25) is 9.55 Å². The van der Waals surface area contributed by atoms with Crippen LogP contribution in [0.25, 0.3) is 11.4 Å². The summed E-state index contributed by atoms with van der Waals surface area (Å²) in [4.78, 5) is 3.62. The van der Waals surface area contributed by atoms with Gasteiger partial charge in [0.25, 0.3) is 14.2 Å². The van der Waals surface area contributed by atoms with Crippen LogP contribution in [0.1, 0.15) is 0 Å². The van der Waals surface area contributed by atoms with E-state index in [9.17, 15) is 12.8 Å². The van der Waals surface area contributed by atoms with Crippen molar-refractivity contribution in [1.29, 1.82) is 0 Å². The van der Waals surface area contributed by atoms with Gasteiger partial charge in [-0.05, 0) is 6.07 Å². The van der Waals surface area contributed by atoms with Crippen molar-refractivity contribution in [2.24, 2.45) is 0 Å². The Balaban J connectivity index is 2.60. The highest BCUT2D eigenvalue weighted by Gasteiger charge is 2.24. The molecule has 0 amide bonds. The minimum Gasteiger partial charge on any atom is -0.383 e. The van der Waals surface area contributed by atoms with Crippen molar-refractivity contribution in [3.63, 3.8) is 0 Å². The topological polar surface area (TPSA) is 87.0 Å². The molecule has 0 radical (unpaired) electrons. The number of rotatable bonds is 5. The van der Waals surface area contributed by atoms with Crippen molar-refractivity contribution in [2.45, 2.75) is 11.7 Å². The number of halogens is 2. The van der Waals surface area contributed by atoms with Crippen LogP contribution in [0, 0.1) is 5.82 Å². The Morgan fingerprint density at radius 1 is 1.45 bits per heavy atom. The van der Waals surface area contributed by atoms with Gasteiger partial charge in [-0.15, -0.1) is 10.2 Å². The molecule has 0 spiro atoms. The van der Waals surface area contributed by atoms with Gasteiger partial charge in [0.2, 0.25) is 0 Å². The highest BCUT2D eigenvalue weighted by molar-refractivity contribution is 8.13. The highest BCUT2D eigenvalue weighted by Crippen LogP contribution is 2.24. The molecule has 2 heterocycles. The third-order valence-electron chi connectivity index (χ3n) is 2.47. The third-order valence-corrected chi connectivity index (χ3v) is 3.62. The van der Waals surface area contributed by atoms with Gasteiger partial charge < -0.3 is 4.74 Å². The van der Waals surface area contributed by atoms with Crippen LogP contribution in [-0.4, -0.2) is 41.9 Å². The monoisotopic (exact) mass is 320 g/mol. The van der Waals surface area contributed by atoms with Crippen LogP contribution in [0.2, 0.25) is 0 Å². The molecule has 0 saturated carbocycles. The van der Waals surface area contributed by atoms with E-state index < -0.39 is 20.0 Å². The van der Waals surface area contributed by atoms with Gasteiger partial charge in [-0.25, -0.2) is 12.8 Å². The van der Waals surface area contributed by atoms with Gasteiger partial charge in [-0.1, -0.05) is 0 Å². The summed E-state index contributed by atoms with van der Waals surface area (Å²) < 4.78 is 42.7. The molecule has 0 fully saturated rings. The zero-order valence-electron chi connectivity index (χ0n) is 10.3. The summed E-state index contributed by atoms with van der Waals surface area (Å²) in [6.07, 6.45) is 2.36. The van der Waals surface area contributed by atoms with E-state index in [1.165, 1.54) is 23.9 Å². The van der Waals surface area contributed by atoms with Crippen LogP contribution in [0.4, 0.5) is 4.39 Å². The molecule has 0 aliphatic carbocycles. The lowest BCUT2D eigenvalue weighted by molar-refractivity contribution is 0.185. The lowest BCUT2D eigenvalue weighted by Gasteiger charge is -2.08. The van der Waals surface area contributed by atoms with Crippen molar-refractivity contribution in [2.75, 3.05) is 13.7 Å². The first-order chi connectivity index (χ1) is 9.45. The maximum Gasteiger partial charge on any atom is 0.296 e. The largest absolute Gasteiger partial charge is 0.383 e. The Kier molecular flexibility index (Phi) is 4.31. The average Bonchev–Trinajstić information content (AvgIpc) is 2.80. The van der Waals surface area contributed by atoms with Crippen molar-refractivity contribution >= 4 is 19.7 Å². The summed E-state index contributed by atoms with van der Waals surface area (Å²) in [5.74, 6) is -0.599. The summed E-state index contributed by atoms with van der Waals surface area (Å²) in [5, 5.41) is 6.74. The molecule has 7 nitrogen and oxygen atoms in total. The Bertz CT molecular complexity index is 719. The van der Waals surface area contributed by atoms with Gasteiger partial charge in [0.05, 0.1) is 24.9 Å². The number of aromatic nitrogens is 4. The summed E-state index contributed by atoms with van der Waals surface area (Å²) in [6, 6.07) is 1.37. The molecule has 0 atom stereocenters. The molecular formula is C10H10ClFN4O3S. The van der Waals surface area contributed by atoms with Crippen molar-refractivity contribution < 1.29 is 17.5 Å². The molecule has 10 heteroatoms. The molecule has 2 aromatic rings. The van der Waals surface area contributed by atoms with Crippen LogP contribution >= 0.6 is 10.7 Å². The Labute approximate surface area is 118 Å². The van der Waals surface area contributed by atoms with Crippen LogP contribution in [0.5, 0.6) is 0 Å². The summed E-state index contributed by atoms with van der Waals surface area (Å²) >= 11 is 0. The third kappa shape index (κ3) is 2.94. The normalized spacial score (nSPS) is 11.8. The van der Waals surface area contributed by atoms with Crippen molar-refractivity contribution in [3.8, 4) is 11.4 Å². The lowest BCUT2D eigenvalue weighted by Crippen LogP contribution is -2.12. The van der Waals surface area contributed by atoms with E-state index in [0.717, 1.165) is 6.20 Å². The molecule has 0 aliphatic heterocycles.